The van der Waals surface area contributed by atoms with Gasteiger partial charge in [0.1, 0.15) is 11.5 Å². The van der Waals surface area contributed by atoms with E-state index in [0.717, 1.165) is 5.39 Å². The lowest BCUT2D eigenvalue weighted by atomic mass is 10.2. The van der Waals surface area contributed by atoms with E-state index in [1.807, 2.05) is 6.07 Å². The Kier molecular flexibility index (Phi) is 4.24. The molecule has 0 unspecified atom stereocenters. The van der Waals surface area contributed by atoms with Crippen molar-refractivity contribution in [2.24, 2.45) is 0 Å². The zero-order valence-electron chi connectivity index (χ0n) is 12.1. The first kappa shape index (κ1) is 15.0. The van der Waals surface area contributed by atoms with Crippen LogP contribution in [-0.4, -0.2) is 25.5 Å². The number of nitrogens with zero attached hydrogens (tertiary/aromatic N) is 2. The fourth-order valence-corrected chi connectivity index (χ4v) is 2.38. The molecule has 0 saturated carbocycles. The van der Waals surface area contributed by atoms with Gasteiger partial charge in [0.05, 0.1) is 12.5 Å². The normalized spacial score (nSPS) is 10.7. The van der Waals surface area contributed by atoms with Crippen molar-refractivity contribution in [1.29, 1.82) is 0 Å². The predicted molar refractivity (Wildman–Crippen MR) is 86.5 cm³/mol. The van der Waals surface area contributed by atoms with Gasteiger partial charge in [-0.3, -0.25) is 4.72 Å². The molecule has 0 aliphatic rings. The van der Waals surface area contributed by atoms with E-state index in [0.29, 0.717) is 28.7 Å². The van der Waals surface area contributed by atoms with Gasteiger partial charge in [0, 0.05) is 18.0 Å². The first-order chi connectivity index (χ1) is 11.2. The number of thiol groups is 1. The van der Waals surface area contributed by atoms with Crippen molar-refractivity contribution in [3.8, 4) is 17.4 Å². The Bertz CT molecular complexity index is 902. The van der Waals surface area contributed by atoms with Crippen LogP contribution in [0, 0.1) is 0 Å². The van der Waals surface area contributed by atoms with Crippen molar-refractivity contribution in [2.75, 3.05) is 11.8 Å². The summed E-state index contributed by atoms with van der Waals surface area (Å²) in [5, 5.41) is 0.748. The monoisotopic (exact) mass is 331 g/mol. The largest absolute Gasteiger partial charge is 0.481 e. The third-order valence-corrected chi connectivity index (χ3v) is 3.49. The molecule has 0 fully saturated rings. The highest BCUT2D eigenvalue weighted by Gasteiger charge is 2.07. The molecule has 2 heterocycles. The van der Waals surface area contributed by atoms with Crippen LogP contribution in [-0.2, 0) is 10.9 Å². The average Bonchev–Trinajstić information content (AvgIpc) is 2.56. The molecule has 0 atom stereocenters. The number of benzene rings is 1. The van der Waals surface area contributed by atoms with E-state index in [1.54, 1.807) is 49.7 Å². The maximum Gasteiger partial charge on any atom is 0.222 e. The summed E-state index contributed by atoms with van der Waals surface area (Å²) in [6.45, 7) is 0. The number of hydrogen-bond donors (Lipinski definition) is 2. The Labute approximate surface area is 134 Å². The molecule has 1 aromatic carbocycles. The molecule has 0 aliphatic carbocycles. The fourth-order valence-electron chi connectivity index (χ4n) is 2.02. The maximum atomic E-state index is 10.6. The smallest absolute Gasteiger partial charge is 0.222 e. The molecule has 3 rings (SSSR count). The lowest BCUT2D eigenvalue weighted by Gasteiger charge is -2.09. The minimum Gasteiger partial charge on any atom is -0.481 e. The summed E-state index contributed by atoms with van der Waals surface area (Å²) < 4.78 is 34.4. The molecule has 0 bridgehead atoms. The first-order valence-electron chi connectivity index (χ1n) is 6.64. The van der Waals surface area contributed by atoms with Crippen molar-refractivity contribution < 1.29 is 17.9 Å². The standard InChI is InChI=1S/C15H13N3O4S/c1-21-14-7-6-12-13(8-9-16-15(12)17-14)22-11-4-2-10(3-5-11)18-23(19)20/h2-9,23H,1H3,(H,18,19,20). The van der Waals surface area contributed by atoms with Gasteiger partial charge in [0.15, 0.2) is 5.65 Å². The molecule has 0 saturated heterocycles. The van der Waals surface area contributed by atoms with Gasteiger partial charge in [-0.15, -0.1) is 0 Å². The number of rotatable bonds is 5. The van der Waals surface area contributed by atoms with E-state index in [-0.39, 0.29) is 0 Å². The van der Waals surface area contributed by atoms with Gasteiger partial charge in [-0.05, 0) is 36.4 Å². The van der Waals surface area contributed by atoms with Crippen LogP contribution in [0.5, 0.6) is 17.4 Å². The van der Waals surface area contributed by atoms with Gasteiger partial charge in [-0.2, -0.15) is 4.98 Å². The summed E-state index contributed by atoms with van der Waals surface area (Å²) in [5.41, 5.74) is 0.989. The molecule has 2 aromatic heterocycles. The summed E-state index contributed by atoms with van der Waals surface area (Å²) in [6, 6.07) is 11.9. The number of pyridine rings is 2. The highest BCUT2D eigenvalue weighted by Crippen LogP contribution is 2.29. The van der Waals surface area contributed by atoms with Crippen LogP contribution in [0.25, 0.3) is 11.0 Å². The van der Waals surface area contributed by atoms with Crippen molar-refractivity contribution in [1.82, 2.24) is 9.97 Å². The zero-order chi connectivity index (χ0) is 16.2. The summed E-state index contributed by atoms with van der Waals surface area (Å²) in [7, 11) is -1.14. The van der Waals surface area contributed by atoms with Gasteiger partial charge >= 0.3 is 0 Å². The molecule has 7 nitrogen and oxygen atoms in total. The van der Waals surface area contributed by atoms with Crippen LogP contribution in [0.2, 0.25) is 0 Å². The van der Waals surface area contributed by atoms with Crippen molar-refractivity contribution in [3.63, 3.8) is 0 Å². The highest BCUT2D eigenvalue weighted by molar-refractivity contribution is 7.73. The topological polar surface area (TPSA) is 90.4 Å². The van der Waals surface area contributed by atoms with Crippen molar-refractivity contribution in [2.45, 2.75) is 0 Å². The Morgan fingerprint density at radius 3 is 2.52 bits per heavy atom. The SMILES string of the molecule is COc1ccc2c(Oc3ccc(N[SH](=O)=O)cc3)ccnc2n1. The Morgan fingerprint density at radius 2 is 1.83 bits per heavy atom. The van der Waals surface area contributed by atoms with Crippen LogP contribution in [0.1, 0.15) is 0 Å². The number of methoxy groups -OCH3 is 1. The molecule has 0 aliphatic heterocycles. The van der Waals surface area contributed by atoms with Crippen molar-refractivity contribution in [3.05, 3.63) is 48.7 Å². The summed E-state index contributed by atoms with van der Waals surface area (Å²) >= 11 is 0. The third-order valence-electron chi connectivity index (χ3n) is 3.05. The number of anilines is 1. The Balaban J connectivity index is 1.89. The van der Waals surface area contributed by atoms with E-state index < -0.39 is 10.9 Å². The van der Waals surface area contributed by atoms with Crippen LogP contribution < -0.4 is 14.2 Å². The number of nitrogens with one attached hydrogen (secondary N) is 1. The van der Waals surface area contributed by atoms with Crippen molar-refractivity contribution >= 4 is 27.6 Å². The first-order valence-corrected chi connectivity index (χ1v) is 7.82. The second kappa shape index (κ2) is 6.49. The lowest BCUT2D eigenvalue weighted by molar-refractivity contribution is 0.399. The summed E-state index contributed by atoms with van der Waals surface area (Å²) in [5.74, 6) is 1.64. The van der Waals surface area contributed by atoms with E-state index >= 15 is 0 Å². The third kappa shape index (κ3) is 3.49. The molecular weight excluding hydrogens is 318 g/mol. The van der Waals surface area contributed by atoms with Gasteiger partial charge in [-0.1, -0.05) is 0 Å². The molecule has 0 spiro atoms. The molecule has 8 heteroatoms. The van der Waals surface area contributed by atoms with Crippen LogP contribution >= 0.6 is 0 Å². The molecule has 1 N–H and O–H groups in total. The van der Waals surface area contributed by atoms with E-state index in [1.165, 1.54) is 0 Å². The number of ether oxygens (including phenoxy) is 2. The number of hydrogen-bond acceptors (Lipinski definition) is 6. The molecule has 23 heavy (non-hydrogen) atoms. The highest BCUT2D eigenvalue weighted by atomic mass is 32.2. The Morgan fingerprint density at radius 1 is 1.04 bits per heavy atom. The van der Waals surface area contributed by atoms with Crippen LogP contribution in [0.3, 0.4) is 0 Å². The summed E-state index contributed by atoms with van der Waals surface area (Å²) in [6.07, 6.45) is 1.60. The van der Waals surface area contributed by atoms with Gasteiger partial charge < -0.3 is 9.47 Å². The summed E-state index contributed by atoms with van der Waals surface area (Å²) in [4.78, 5) is 8.44. The predicted octanol–water partition coefficient (Wildman–Crippen LogP) is 2.37. The van der Waals surface area contributed by atoms with E-state index in [9.17, 15) is 8.42 Å². The Hall–Kier alpha value is -2.87. The molecule has 0 radical (unpaired) electrons. The number of fused-ring (bicyclic) bond motifs is 1. The minimum atomic E-state index is -2.68. The molecule has 3 aromatic rings. The van der Waals surface area contributed by atoms with Crippen LogP contribution in [0.4, 0.5) is 5.69 Å². The molecular formula is C15H13N3O4S. The maximum absolute atomic E-state index is 10.6. The lowest BCUT2D eigenvalue weighted by Crippen LogP contribution is -1.95. The van der Waals surface area contributed by atoms with E-state index in [2.05, 4.69) is 14.7 Å². The quantitative estimate of drug-likeness (QED) is 0.698. The van der Waals surface area contributed by atoms with Crippen LogP contribution in [0.15, 0.2) is 48.7 Å². The molecule has 0 amide bonds. The van der Waals surface area contributed by atoms with Gasteiger partial charge in [0.25, 0.3) is 0 Å². The molecule has 118 valence electrons. The van der Waals surface area contributed by atoms with E-state index in [4.69, 9.17) is 9.47 Å². The minimum absolute atomic E-state index is 0.472. The fraction of sp³-hybridized carbons (Fsp3) is 0.0667. The zero-order valence-corrected chi connectivity index (χ0v) is 13.0. The second-order valence-corrected chi connectivity index (χ2v) is 5.27. The van der Waals surface area contributed by atoms with Gasteiger partial charge in [-0.25, -0.2) is 13.4 Å². The second-order valence-electron chi connectivity index (χ2n) is 4.53. The number of aromatic nitrogens is 2. The van der Waals surface area contributed by atoms with Gasteiger partial charge in [0.2, 0.25) is 16.8 Å². The average molecular weight is 331 g/mol.